The lowest BCUT2D eigenvalue weighted by Crippen LogP contribution is -2.31. The summed E-state index contributed by atoms with van der Waals surface area (Å²) in [6.45, 7) is 1.27. The van der Waals surface area contributed by atoms with Gasteiger partial charge in [0.05, 0.1) is 28.4 Å². The summed E-state index contributed by atoms with van der Waals surface area (Å²) in [4.78, 5) is 24.5. The molecule has 28 heavy (non-hydrogen) atoms. The minimum absolute atomic E-state index is 0.0177. The van der Waals surface area contributed by atoms with E-state index in [0.29, 0.717) is 33.5 Å². The molecule has 2 aromatic rings. The van der Waals surface area contributed by atoms with Crippen molar-refractivity contribution in [1.29, 1.82) is 0 Å². The second kappa shape index (κ2) is 9.78. The number of ether oxygens (including phenoxy) is 1. The molecule has 1 aliphatic heterocycles. The van der Waals surface area contributed by atoms with Crippen molar-refractivity contribution in [3.8, 4) is 0 Å². The van der Waals surface area contributed by atoms with Crippen molar-refractivity contribution in [1.82, 2.24) is 5.32 Å². The molecule has 2 amide bonds. The molecule has 1 unspecified atom stereocenters. The fourth-order valence-corrected chi connectivity index (χ4v) is 3.21. The van der Waals surface area contributed by atoms with Crippen LogP contribution < -0.4 is 16.0 Å². The molecule has 0 spiro atoms. The Labute approximate surface area is 173 Å². The lowest BCUT2D eigenvalue weighted by Gasteiger charge is -2.12. The third-order valence-corrected chi connectivity index (χ3v) is 5.14. The summed E-state index contributed by atoms with van der Waals surface area (Å²) in [7, 11) is 0. The molecule has 0 bridgehead atoms. The minimum atomic E-state index is -0.280. The van der Waals surface area contributed by atoms with Crippen LogP contribution in [0.25, 0.3) is 0 Å². The standard InChI is InChI=1S/C20H21Cl2N3O3/c21-16-7-2-8-17(19(16)22)25-18(26)12-23-14-5-1-4-13(10-14)20(27)24-11-15-6-3-9-28-15/h1-2,4-5,7-8,10,15,23H,3,6,9,11-12H2,(H,24,27)(H,25,26). The fraction of sp³-hybridized carbons (Fsp3) is 0.300. The van der Waals surface area contributed by atoms with Gasteiger partial charge >= 0.3 is 0 Å². The van der Waals surface area contributed by atoms with Gasteiger partial charge in [0.2, 0.25) is 5.91 Å². The largest absolute Gasteiger partial charge is 0.376 e. The van der Waals surface area contributed by atoms with E-state index < -0.39 is 0 Å². The molecular weight excluding hydrogens is 401 g/mol. The van der Waals surface area contributed by atoms with E-state index in [1.54, 1.807) is 42.5 Å². The molecule has 0 aromatic heterocycles. The van der Waals surface area contributed by atoms with Crippen LogP contribution in [0, 0.1) is 0 Å². The number of hydrogen-bond donors (Lipinski definition) is 3. The van der Waals surface area contributed by atoms with E-state index in [4.69, 9.17) is 27.9 Å². The van der Waals surface area contributed by atoms with E-state index in [1.807, 2.05) is 0 Å². The molecule has 2 aromatic carbocycles. The van der Waals surface area contributed by atoms with E-state index >= 15 is 0 Å². The summed E-state index contributed by atoms with van der Waals surface area (Å²) in [5, 5.41) is 9.24. The van der Waals surface area contributed by atoms with Gasteiger partial charge < -0.3 is 20.7 Å². The number of nitrogens with one attached hydrogen (secondary N) is 3. The Morgan fingerprint density at radius 2 is 1.96 bits per heavy atom. The molecule has 3 N–H and O–H groups in total. The van der Waals surface area contributed by atoms with E-state index in [2.05, 4.69) is 16.0 Å². The van der Waals surface area contributed by atoms with Gasteiger partial charge in [-0.3, -0.25) is 9.59 Å². The number of amides is 2. The highest BCUT2D eigenvalue weighted by atomic mass is 35.5. The molecule has 6 nitrogen and oxygen atoms in total. The normalized spacial score (nSPS) is 15.9. The number of hydrogen-bond acceptors (Lipinski definition) is 4. The second-order valence-electron chi connectivity index (χ2n) is 6.43. The highest BCUT2D eigenvalue weighted by molar-refractivity contribution is 6.44. The highest BCUT2D eigenvalue weighted by Gasteiger charge is 2.17. The Morgan fingerprint density at radius 3 is 2.75 bits per heavy atom. The van der Waals surface area contributed by atoms with Gasteiger partial charge in [-0.05, 0) is 43.2 Å². The van der Waals surface area contributed by atoms with Crippen molar-refractivity contribution in [2.45, 2.75) is 18.9 Å². The van der Waals surface area contributed by atoms with E-state index in [9.17, 15) is 9.59 Å². The van der Waals surface area contributed by atoms with Crippen LogP contribution in [0.1, 0.15) is 23.2 Å². The highest BCUT2D eigenvalue weighted by Crippen LogP contribution is 2.29. The van der Waals surface area contributed by atoms with Crippen LogP contribution in [-0.2, 0) is 9.53 Å². The first-order valence-electron chi connectivity index (χ1n) is 9.00. The Morgan fingerprint density at radius 1 is 1.14 bits per heavy atom. The first kappa shape index (κ1) is 20.5. The van der Waals surface area contributed by atoms with Crippen molar-refractivity contribution < 1.29 is 14.3 Å². The molecular formula is C20H21Cl2N3O3. The van der Waals surface area contributed by atoms with Crippen LogP contribution in [-0.4, -0.2) is 37.6 Å². The minimum Gasteiger partial charge on any atom is -0.376 e. The zero-order valence-electron chi connectivity index (χ0n) is 15.1. The molecule has 148 valence electrons. The van der Waals surface area contributed by atoms with Gasteiger partial charge in [-0.25, -0.2) is 0 Å². The van der Waals surface area contributed by atoms with Crippen molar-refractivity contribution in [3.63, 3.8) is 0 Å². The van der Waals surface area contributed by atoms with E-state index in [1.165, 1.54) is 0 Å². The van der Waals surface area contributed by atoms with Crippen molar-refractivity contribution >= 4 is 46.4 Å². The molecule has 0 radical (unpaired) electrons. The van der Waals surface area contributed by atoms with E-state index in [0.717, 1.165) is 19.4 Å². The van der Waals surface area contributed by atoms with Crippen molar-refractivity contribution in [3.05, 3.63) is 58.1 Å². The van der Waals surface area contributed by atoms with Crippen molar-refractivity contribution in [2.24, 2.45) is 0 Å². The van der Waals surface area contributed by atoms with Crippen LogP contribution >= 0.6 is 23.2 Å². The van der Waals surface area contributed by atoms with Crippen LogP contribution in [0.5, 0.6) is 0 Å². The van der Waals surface area contributed by atoms with Gasteiger partial charge in [0.1, 0.15) is 0 Å². The van der Waals surface area contributed by atoms with Crippen LogP contribution in [0.3, 0.4) is 0 Å². The van der Waals surface area contributed by atoms with Crippen LogP contribution in [0.15, 0.2) is 42.5 Å². The molecule has 1 heterocycles. The number of carbonyl (C=O) groups is 2. The number of halogens is 2. The summed E-state index contributed by atoms with van der Waals surface area (Å²) in [6.07, 6.45) is 2.09. The smallest absolute Gasteiger partial charge is 0.251 e. The van der Waals surface area contributed by atoms with Crippen LogP contribution in [0.4, 0.5) is 11.4 Å². The van der Waals surface area contributed by atoms with Gasteiger partial charge in [0.25, 0.3) is 5.91 Å². The number of rotatable bonds is 7. The summed E-state index contributed by atoms with van der Waals surface area (Å²) in [5.41, 5.74) is 1.63. The lowest BCUT2D eigenvalue weighted by atomic mass is 10.1. The third-order valence-electron chi connectivity index (χ3n) is 4.32. The lowest BCUT2D eigenvalue weighted by molar-refractivity contribution is -0.114. The first-order valence-corrected chi connectivity index (χ1v) is 9.76. The topological polar surface area (TPSA) is 79.5 Å². The quantitative estimate of drug-likeness (QED) is 0.631. The van der Waals surface area contributed by atoms with Gasteiger partial charge in [-0.15, -0.1) is 0 Å². The maximum absolute atomic E-state index is 12.3. The summed E-state index contributed by atoms with van der Waals surface area (Å²) in [6, 6.07) is 12.0. The maximum Gasteiger partial charge on any atom is 0.251 e. The van der Waals surface area contributed by atoms with Gasteiger partial charge in [0, 0.05) is 24.4 Å². The zero-order chi connectivity index (χ0) is 19.9. The average Bonchev–Trinajstić information content (AvgIpc) is 3.22. The second-order valence-corrected chi connectivity index (χ2v) is 7.21. The molecule has 1 atom stereocenters. The van der Waals surface area contributed by atoms with E-state index in [-0.39, 0.29) is 24.5 Å². The molecule has 0 saturated carbocycles. The number of anilines is 2. The van der Waals surface area contributed by atoms with Gasteiger partial charge in [-0.2, -0.15) is 0 Å². The predicted molar refractivity (Wildman–Crippen MR) is 111 cm³/mol. The van der Waals surface area contributed by atoms with Crippen molar-refractivity contribution in [2.75, 3.05) is 30.3 Å². The summed E-state index contributed by atoms with van der Waals surface area (Å²) in [5.74, 6) is -0.452. The Balaban J connectivity index is 1.51. The molecule has 1 aliphatic rings. The third kappa shape index (κ3) is 5.61. The first-order chi connectivity index (χ1) is 13.5. The summed E-state index contributed by atoms with van der Waals surface area (Å²) >= 11 is 12.0. The Kier molecular flexibility index (Phi) is 7.14. The monoisotopic (exact) mass is 421 g/mol. The summed E-state index contributed by atoms with van der Waals surface area (Å²) < 4.78 is 5.50. The Hall–Kier alpha value is -2.28. The molecule has 3 rings (SSSR count). The average molecular weight is 422 g/mol. The molecule has 1 saturated heterocycles. The Bertz CT molecular complexity index is 854. The molecule has 0 aliphatic carbocycles. The molecule has 1 fully saturated rings. The molecule has 8 heteroatoms. The number of benzene rings is 2. The fourth-order valence-electron chi connectivity index (χ4n) is 2.86. The predicted octanol–water partition coefficient (Wildman–Crippen LogP) is 3.95. The number of carbonyl (C=O) groups excluding carboxylic acids is 2. The maximum atomic E-state index is 12.3. The van der Waals surface area contributed by atoms with Gasteiger partial charge in [0.15, 0.2) is 0 Å². The van der Waals surface area contributed by atoms with Crippen LogP contribution in [0.2, 0.25) is 10.0 Å². The van der Waals surface area contributed by atoms with Gasteiger partial charge in [-0.1, -0.05) is 35.3 Å². The zero-order valence-corrected chi connectivity index (χ0v) is 16.6. The SMILES string of the molecule is O=C(CNc1cccc(C(=O)NCC2CCCO2)c1)Nc1cccc(Cl)c1Cl.